The van der Waals surface area contributed by atoms with Gasteiger partial charge in [-0.05, 0) is 43.5 Å². The van der Waals surface area contributed by atoms with E-state index in [1.165, 1.54) is 0 Å². The molecular formula is C17H17F3N2O2. The number of alkyl halides is 3. The van der Waals surface area contributed by atoms with E-state index in [-0.39, 0.29) is 13.0 Å². The number of ether oxygens (including phenoxy) is 1. The van der Waals surface area contributed by atoms with Crippen molar-refractivity contribution in [2.24, 2.45) is 0 Å². The van der Waals surface area contributed by atoms with Crippen LogP contribution in [0.25, 0.3) is 10.9 Å². The Morgan fingerprint density at radius 2 is 2.17 bits per heavy atom. The Bertz CT molecular complexity index is 761. The highest BCUT2D eigenvalue weighted by atomic mass is 19.4. The fourth-order valence-electron chi connectivity index (χ4n) is 2.99. The molecule has 1 amide bonds. The molecule has 2 aromatic rings. The number of likely N-dealkylation sites (tertiary alicyclic amines) is 1. The van der Waals surface area contributed by atoms with Crippen molar-refractivity contribution in [2.45, 2.75) is 32.0 Å². The van der Waals surface area contributed by atoms with Crippen molar-refractivity contribution in [2.75, 3.05) is 13.2 Å². The van der Waals surface area contributed by atoms with E-state index in [0.717, 1.165) is 15.8 Å². The third kappa shape index (κ3) is 3.29. The number of halogens is 3. The number of carbonyl (C=O) groups is 1. The molecule has 1 aromatic heterocycles. The first-order chi connectivity index (χ1) is 11.4. The van der Waals surface area contributed by atoms with Gasteiger partial charge in [-0.2, -0.15) is 13.2 Å². The van der Waals surface area contributed by atoms with Crippen LogP contribution in [0.1, 0.15) is 18.4 Å². The van der Waals surface area contributed by atoms with Gasteiger partial charge in [0.1, 0.15) is 11.8 Å². The lowest BCUT2D eigenvalue weighted by Crippen LogP contribution is -2.46. The minimum atomic E-state index is -4.40. The summed E-state index contributed by atoms with van der Waals surface area (Å²) in [6.07, 6.45) is -2.54. The van der Waals surface area contributed by atoms with E-state index in [0.29, 0.717) is 17.7 Å². The smallest absolute Gasteiger partial charge is 0.408 e. The summed E-state index contributed by atoms with van der Waals surface area (Å²) >= 11 is 0. The standard InChI is InChI=1S/C17H17F3N2O2/c1-11-4-5-12-13(9-11)21-7-6-14(12)24-10-16(23)22-8-2-3-15(22)17(18,19)20/h4-7,9,15H,2-3,8,10H2,1H3/t15-/m1/s1. The Morgan fingerprint density at radius 1 is 1.38 bits per heavy atom. The Balaban J connectivity index is 1.73. The Hall–Kier alpha value is -2.31. The van der Waals surface area contributed by atoms with Gasteiger partial charge in [-0.15, -0.1) is 0 Å². The monoisotopic (exact) mass is 338 g/mol. The van der Waals surface area contributed by atoms with E-state index in [1.54, 1.807) is 12.3 Å². The number of benzene rings is 1. The molecule has 128 valence electrons. The zero-order valence-corrected chi connectivity index (χ0v) is 13.1. The molecule has 7 heteroatoms. The maximum absolute atomic E-state index is 12.9. The van der Waals surface area contributed by atoms with Crippen molar-refractivity contribution in [1.29, 1.82) is 0 Å². The summed E-state index contributed by atoms with van der Waals surface area (Å²) in [6.45, 7) is 1.63. The molecule has 0 bridgehead atoms. The number of rotatable bonds is 3. The molecule has 0 radical (unpaired) electrons. The van der Waals surface area contributed by atoms with Gasteiger partial charge in [0.15, 0.2) is 6.61 Å². The molecule has 0 N–H and O–H groups in total. The molecule has 0 unspecified atom stereocenters. The lowest BCUT2D eigenvalue weighted by Gasteiger charge is -2.26. The highest BCUT2D eigenvalue weighted by Gasteiger charge is 2.47. The molecule has 2 heterocycles. The van der Waals surface area contributed by atoms with Gasteiger partial charge in [0.2, 0.25) is 0 Å². The van der Waals surface area contributed by atoms with E-state index in [9.17, 15) is 18.0 Å². The van der Waals surface area contributed by atoms with Gasteiger partial charge >= 0.3 is 6.18 Å². The van der Waals surface area contributed by atoms with E-state index in [4.69, 9.17) is 4.74 Å². The van der Waals surface area contributed by atoms with Gasteiger partial charge in [-0.3, -0.25) is 9.78 Å². The van der Waals surface area contributed by atoms with Gasteiger partial charge < -0.3 is 9.64 Å². The molecule has 1 saturated heterocycles. The Morgan fingerprint density at radius 3 is 2.92 bits per heavy atom. The van der Waals surface area contributed by atoms with E-state index in [2.05, 4.69) is 4.98 Å². The van der Waals surface area contributed by atoms with Crippen LogP contribution < -0.4 is 4.74 Å². The number of aryl methyl sites for hydroxylation is 1. The summed E-state index contributed by atoms with van der Waals surface area (Å²) in [5.41, 5.74) is 1.75. The first kappa shape index (κ1) is 16.5. The number of aromatic nitrogens is 1. The number of pyridine rings is 1. The summed E-state index contributed by atoms with van der Waals surface area (Å²) in [7, 11) is 0. The van der Waals surface area contributed by atoms with E-state index < -0.39 is 24.7 Å². The summed E-state index contributed by atoms with van der Waals surface area (Å²) in [5.74, 6) is -0.206. The average molecular weight is 338 g/mol. The second-order valence-corrected chi connectivity index (χ2v) is 5.91. The molecule has 1 aromatic carbocycles. The van der Waals surface area contributed by atoms with E-state index >= 15 is 0 Å². The first-order valence-corrected chi connectivity index (χ1v) is 7.70. The predicted octanol–water partition coefficient (Wildman–Crippen LogP) is 3.48. The normalized spacial score (nSPS) is 18.2. The molecule has 1 atom stereocenters. The van der Waals surface area contributed by atoms with Gasteiger partial charge in [-0.25, -0.2) is 0 Å². The second-order valence-electron chi connectivity index (χ2n) is 5.91. The molecule has 24 heavy (non-hydrogen) atoms. The van der Waals surface area contributed by atoms with Crippen LogP contribution in [-0.4, -0.2) is 41.2 Å². The Labute approximate surface area is 137 Å². The average Bonchev–Trinajstić information content (AvgIpc) is 3.02. The van der Waals surface area contributed by atoms with Gasteiger partial charge in [0.25, 0.3) is 5.91 Å². The van der Waals surface area contributed by atoms with Gasteiger partial charge in [0.05, 0.1) is 5.52 Å². The molecule has 0 aliphatic carbocycles. The minimum Gasteiger partial charge on any atom is -0.483 e. The minimum absolute atomic E-state index is 0.0489. The van der Waals surface area contributed by atoms with Crippen molar-refractivity contribution in [3.8, 4) is 5.75 Å². The molecule has 1 fully saturated rings. The van der Waals surface area contributed by atoms with Crippen LogP contribution in [0.3, 0.4) is 0 Å². The van der Waals surface area contributed by atoms with Crippen LogP contribution in [0.5, 0.6) is 5.75 Å². The maximum atomic E-state index is 12.9. The number of nitrogens with zero attached hydrogens (tertiary/aromatic N) is 2. The summed E-state index contributed by atoms with van der Waals surface area (Å²) < 4.78 is 44.3. The summed E-state index contributed by atoms with van der Waals surface area (Å²) in [5, 5.41) is 0.727. The van der Waals surface area contributed by atoms with Crippen molar-refractivity contribution < 1.29 is 22.7 Å². The number of fused-ring (bicyclic) bond motifs is 1. The van der Waals surface area contributed by atoms with Crippen molar-refractivity contribution in [3.05, 3.63) is 36.0 Å². The fraction of sp³-hybridized carbons (Fsp3) is 0.412. The zero-order chi connectivity index (χ0) is 17.3. The van der Waals surface area contributed by atoms with Crippen LogP contribution >= 0.6 is 0 Å². The topological polar surface area (TPSA) is 42.4 Å². The quantitative estimate of drug-likeness (QED) is 0.860. The number of hydrogen-bond acceptors (Lipinski definition) is 3. The first-order valence-electron chi connectivity index (χ1n) is 7.70. The van der Waals surface area contributed by atoms with Crippen molar-refractivity contribution in [1.82, 2.24) is 9.88 Å². The molecule has 0 spiro atoms. The lowest BCUT2D eigenvalue weighted by molar-refractivity contribution is -0.183. The summed E-state index contributed by atoms with van der Waals surface area (Å²) in [6, 6.07) is 5.50. The largest absolute Gasteiger partial charge is 0.483 e. The van der Waals surface area contributed by atoms with Crippen molar-refractivity contribution in [3.63, 3.8) is 0 Å². The van der Waals surface area contributed by atoms with Crippen LogP contribution in [0.4, 0.5) is 13.2 Å². The molecule has 3 rings (SSSR count). The number of hydrogen-bond donors (Lipinski definition) is 0. The SMILES string of the molecule is Cc1ccc2c(OCC(=O)N3CCC[C@@H]3C(F)(F)F)ccnc2c1. The number of amides is 1. The molecule has 1 aliphatic rings. The van der Waals surface area contributed by atoms with Crippen LogP contribution in [0, 0.1) is 6.92 Å². The molecule has 0 saturated carbocycles. The highest BCUT2D eigenvalue weighted by molar-refractivity contribution is 5.86. The zero-order valence-electron chi connectivity index (χ0n) is 13.1. The van der Waals surface area contributed by atoms with Gasteiger partial charge in [0, 0.05) is 18.1 Å². The second kappa shape index (κ2) is 6.30. The van der Waals surface area contributed by atoms with Crippen LogP contribution in [0.2, 0.25) is 0 Å². The third-order valence-electron chi connectivity index (χ3n) is 4.16. The maximum Gasteiger partial charge on any atom is 0.408 e. The third-order valence-corrected chi connectivity index (χ3v) is 4.16. The summed E-state index contributed by atoms with van der Waals surface area (Å²) in [4.78, 5) is 17.2. The number of carbonyl (C=O) groups excluding carboxylic acids is 1. The predicted molar refractivity (Wildman–Crippen MR) is 82.8 cm³/mol. The highest BCUT2D eigenvalue weighted by Crippen LogP contribution is 2.32. The van der Waals surface area contributed by atoms with Crippen LogP contribution in [-0.2, 0) is 4.79 Å². The lowest BCUT2D eigenvalue weighted by atomic mass is 10.1. The van der Waals surface area contributed by atoms with Crippen molar-refractivity contribution >= 4 is 16.8 Å². The van der Waals surface area contributed by atoms with Crippen LogP contribution in [0.15, 0.2) is 30.5 Å². The molecular weight excluding hydrogens is 321 g/mol. The molecule has 4 nitrogen and oxygen atoms in total. The Kier molecular flexibility index (Phi) is 4.34. The van der Waals surface area contributed by atoms with E-state index in [1.807, 2.05) is 25.1 Å². The fourth-order valence-corrected chi connectivity index (χ4v) is 2.99. The molecule has 1 aliphatic heterocycles. The van der Waals surface area contributed by atoms with Gasteiger partial charge in [-0.1, -0.05) is 6.07 Å².